The molecular formula is C11H8F6O3S. The van der Waals surface area contributed by atoms with Crippen LogP contribution in [-0.4, -0.2) is 22.9 Å². The maximum absolute atomic E-state index is 12.4. The number of aryl methyl sites for hydroxylation is 1. The number of hydrogen-bond acceptors (Lipinski definition) is 3. The lowest BCUT2D eigenvalue weighted by atomic mass is 10.1. The van der Waals surface area contributed by atoms with Crippen LogP contribution in [0.1, 0.15) is 12.0 Å². The average Bonchev–Trinajstić information content (AvgIpc) is 2.23. The Labute approximate surface area is 118 Å². The van der Waals surface area contributed by atoms with Crippen LogP contribution in [0.2, 0.25) is 0 Å². The fourth-order valence-corrected chi connectivity index (χ4v) is 2.13. The van der Waals surface area contributed by atoms with Crippen molar-refractivity contribution in [3.05, 3.63) is 23.8 Å². The van der Waals surface area contributed by atoms with Gasteiger partial charge in [0.25, 0.3) is 0 Å². The second kappa shape index (κ2) is 6.46. The maximum atomic E-state index is 12.4. The molecule has 0 saturated heterocycles. The fourth-order valence-electron chi connectivity index (χ4n) is 1.40. The first-order valence-corrected chi connectivity index (χ1v) is 6.14. The Kier molecular flexibility index (Phi) is 5.37. The summed E-state index contributed by atoms with van der Waals surface area (Å²) in [6, 6.07) is 2.41. The number of hydrogen-bond donors (Lipinski definition) is 1. The first-order valence-electron chi connectivity index (χ1n) is 5.32. The van der Waals surface area contributed by atoms with Crippen molar-refractivity contribution in [1.82, 2.24) is 0 Å². The molecule has 1 aromatic carbocycles. The topological polar surface area (TPSA) is 46.5 Å². The van der Waals surface area contributed by atoms with Crippen LogP contribution in [0.3, 0.4) is 0 Å². The molecule has 0 atom stereocenters. The van der Waals surface area contributed by atoms with E-state index in [0.29, 0.717) is 6.07 Å². The molecule has 0 radical (unpaired) electrons. The lowest BCUT2D eigenvalue weighted by Crippen LogP contribution is -2.17. The normalized spacial score (nSPS) is 12.3. The molecule has 21 heavy (non-hydrogen) atoms. The number of alkyl halides is 6. The van der Waals surface area contributed by atoms with Crippen LogP contribution in [0.5, 0.6) is 5.75 Å². The molecule has 10 heteroatoms. The van der Waals surface area contributed by atoms with Gasteiger partial charge in [-0.1, -0.05) is 6.07 Å². The lowest BCUT2D eigenvalue weighted by molar-refractivity contribution is -0.274. The minimum absolute atomic E-state index is 0.0192. The Morgan fingerprint density at radius 2 is 1.81 bits per heavy atom. The zero-order valence-electron chi connectivity index (χ0n) is 10.1. The van der Waals surface area contributed by atoms with E-state index in [4.69, 9.17) is 5.11 Å². The van der Waals surface area contributed by atoms with Crippen LogP contribution < -0.4 is 4.74 Å². The third kappa shape index (κ3) is 7.11. The standard InChI is InChI=1S/C11H8F6O3S/c12-10(13,14)20-7-3-1-6(2-4-9(18)19)8(5-7)21-11(15,16)17/h1,3,5H,2,4H2,(H,18,19). The summed E-state index contributed by atoms with van der Waals surface area (Å²) in [7, 11) is 0. The zero-order valence-corrected chi connectivity index (χ0v) is 10.9. The van der Waals surface area contributed by atoms with Crippen LogP contribution in [0, 0.1) is 0 Å². The second-order valence-electron chi connectivity index (χ2n) is 3.76. The van der Waals surface area contributed by atoms with Gasteiger partial charge in [-0.15, -0.1) is 13.2 Å². The molecule has 1 rings (SSSR count). The summed E-state index contributed by atoms with van der Waals surface area (Å²) in [4.78, 5) is 9.90. The van der Waals surface area contributed by atoms with E-state index in [2.05, 4.69) is 4.74 Å². The molecule has 0 aliphatic carbocycles. The van der Waals surface area contributed by atoms with Crippen molar-refractivity contribution in [1.29, 1.82) is 0 Å². The van der Waals surface area contributed by atoms with Gasteiger partial charge in [0.05, 0.1) is 0 Å². The molecule has 0 aliphatic rings. The SMILES string of the molecule is O=C(O)CCc1ccc(OC(F)(F)F)cc1SC(F)(F)F. The number of carbonyl (C=O) groups is 1. The summed E-state index contributed by atoms with van der Waals surface area (Å²) in [5.41, 5.74) is -4.73. The van der Waals surface area contributed by atoms with Gasteiger partial charge in [0.2, 0.25) is 0 Å². The molecule has 0 aromatic heterocycles. The van der Waals surface area contributed by atoms with E-state index in [0.717, 1.165) is 12.1 Å². The summed E-state index contributed by atoms with van der Waals surface area (Å²) in [6.07, 6.45) is -5.70. The molecule has 0 aliphatic heterocycles. The van der Waals surface area contributed by atoms with Crippen molar-refractivity contribution in [2.24, 2.45) is 0 Å². The largest absolute Gasteiger partial charge is 0.573 e. The number of carboxylic acids is 1. The third-order valence-electron chi connectivity index (χ3n) is 2.11. The molecule has 1 aromatic rings. The van der Waals surface area contributed by atoms with Gasteiger partial charge in [0.1, 0.15) is 5.75 Å². The molecule has 118 valence electrons. The first-order chi connectivity index (χ1) is 9.46. The van der Waals surface area contributed by atoms with Gasteiger partial charge in [0, 0.05) is 11.3 Å². The van der Waals surface area contributed by atoms with E-state index >= 15 is 0 Å². The molecule has 3 nitrogen and oxygen atoms in total. The molecule has 0 amide bonds. The van der Waals surface area contributed by atoms with Gasteiger partial charge in [0.15, 0.2) is 0 Å². The van der Waals surface area contributed by atoms with Gasteiger partial charge in [-0.05, 0) is 35.9 Å². The number of rotatable bonds is 5. The van der Waals surface area contributed by atoms with Gasteiger partial charge in [-0.2, -0.15) is 13.2 Å². The van der Waals surface area contributed by atoms with Crippen LogP contribution in [-0.2, 0) is 11.2 Å². The minimum atomic E-state index is -5.03. The van der Waals surface area contributed by atoms with Crippen molar-refractivity contribution in [2.45, 2.75) is 29.6 Å². The van der Waals surface area contributed by atoms with Crippen molar-refractivity contribution in [2.75, 3.05) is 0 Å². The number of aliphatic carboxylic acids is 1. The van der Waals surface area contributed by atoms with Crippen LogP contribution in [0.4, 0.5) is 26.3 Å². The summed E-state index contributed by atoms with van der Waals surface area (Å²) in [5, 5.41) is 8.50. The Morgan fingerprint density at radius 3 is 2.29 bits per heavy atom. The Morgan fingerprint density at radius 1 is 1.19 bits per heavy atom. The summed E-state index contributed by atoms with van der Waals surface area (Å²) in [6.45, 7) is 0. The predicted molar refractivity (Wildman–Crippen MR) is 61.0 cm³/mol. The highest BCUT2D eigenvalue weighted by Gasteiger charge is 2.33. The van der Waals surface area contributed by atoms with Crippen LogP contribution in [0.25, 0.3) is 0 Å². The molecule has 0 spiro atoms. The Hall–Kier alpha value is -1.58. The van der Waals surface area contributed by atoms with Crippen molar-refractivity contribution in [3.63, 3.8) is 0 Å². The van der Waals surface area contributed by atoms with Crippen molar-refractivity contribution < 1.29 is 41.0 Å². The summed E-state index contributed by atoms with van der Waals surface area (Å²) in [5.74, 6) is -2.03. The minimum Gasteiger partial charge on any atom is -0.481 e. The number of halogens is 6. The predicted octanol–water partition coefficient (Wildman–Crippen LogP) is 4.21. The van der Waals surface area contributed by atoms with Gasteiger partial charge >= 0.3 is 17.8 Å². The fraction of sp³-hybridized carbons (Fsp3) is 0.364. The molecule has 0 unspecified atom stereocenters. The molecule has 0 fully saturated rings. The molecule has 0 saturated carbocycles. The number of carboxylic acid groups (broad SMARTS) is 1. The van der Waals surface area contributed by atoms with Crippen molar-refractivity contribution >= 4 is 17.7 Å². The zero-order chi connectivity index (χ0) is 16.3. The average molecular weight is 334 g/mol. The highest BCUT2D eigenvalue weighted by molar-refractivity contribution is 8.00. The van der Waals surface area contributed by atoms with Crippen LogP contribution in [0.15, 0.2) is 23.1 Å². The molecule has 0 bridgehead atoms. The van der Waals surface area contributed by atoms with E-state index in [-0.39, 0.29) is 12.0 Å². The monoisotopic (exact) mass is 334 g/mol. The summed E-state index contributed by atoms with van der Waals surface area (Å²) < 4.78 is 76.8. The Bertz CT molecular complexity index is 512. The Balaban J connectivity index is 3.04. The van der Waals surface area contributed by atoms with Gasteiger partial charge in [-0.25, -0.2) is 0 Å². The highest BCUT2D eigenvalue weighted by atomic mass is 32.2. The van der Waals surface area contributed by atoms with Gasteiger partial charge in [-0.3, -0.25) is 4.79 Å². The third-order valence-corrected chi connectivity index (χ3v) is 2.94. The quantitative estimate of drug-likeness (QED) is 0.647. The second-order valence-corrected chi connectivity index (χ2v) is 4.87. The number of thioether (sulfide) groups is 1. The smallest absolute Gasteiger partial charge is 0.481 e. The van der Waals surface area contributed by atoms with E-state index in [1.807, 2.05) is 0 Å². The maximum Gasteiger partial charge on any atom is 0.573 e. The van der Waals surface area contributed by atoms with E-state index in [1.165, 1.54) is 0 Å². The van der Waals surface area contributed by atoms with Gasteiger partial charge < -0.3 is 9.84 Å². The van der Waals surface area contributed by atoms with Crippen molar-refractivity contribution in [3.8, 4) is 5.75 Å². The molecule has 0 heterocycles. The van der Waals surface area contributed by atoms with E-state index in [1.54, 1.807) is 0 Å². The van der Waals surface area contributed by atoms with Crippen LogP contribution >= 0.6 is 11.8 Å². The molecular weight excluding hydrogens is 326 g/mol. The lowest BCUT2D eigenvalue weighted by Gasteiger charge is -2.14. The number of ether oxygens (including phenoxy) is 1. The highest BCUT2D eigenvalue weighted by Crippen LogP contribution is 2.40. The molecule has 1 N–H and O–H groups in total. The van der Waals surface area contributed by atoms with E-state index < -0.39 is 46.7 Å². The number of benzene rings is 1. The first kappa shape index (κ1) is 17.5. The van der Waals surface area contributed by atoms with E-state index in [9.17, 15) is 31.1 Å². The summed E-state index contributed by atoms with van der Waals surface area (Å²) >= 11 is -0.621.